The summed E-state index contributed by atoms with van der Waals surface area (Å²) >= 11 is 0. The van der Waals surface area contributed by atoms with E-state index in [9.17, 15) is 9.59 Å². The largest absolute Gasteiger partial charge is 0.497 e. The zero-order chi connectivity index (χ0) is 18.8. The minimum absolute atomic E-state index is 0.0128. The smallest absolute Gasteiger partial charge is 0.255 e. The molecule has 26 heavy (non-hydrogen) atoms. The van der Waals surface area contributed by atoms with Gasteiger partial charge in [-0.2, -0.15) is 0 Å². The summed E-state index contributed by atoms with van der Waals surface area (Å²) in [6, 6.07) is 7.54. The number of carbonyl (C=O) groups is 2. The van der Waals surface area contributed by atoms with Gasteiger partial charge in [-0.15, -0.1) is 0 Å². The number of piperazine rings is 1. The third-order valence-electron chi connectivity index (χ3n) is 4.82. The van der Waals surface area contributed by atoms with Gasteiger partial charge in [0.25, 0.3) is 5.91 Å². The number of aromatic nitrogens is 1. The molecule has 0 spiro atoms. The van der Waals surface area contributed by atoms with Crippen molar-refractivity contribution >= 4 is 22.7 Å². The van der Waals surface area contributed by atoms with Crippen LogP contribution in [0.2, 0.25) is 0 Å². The standard InChI is InChI=1S/C20H25N3O3/c1-13(2)19(24)22-7-9-23(10-8-22)20(25)17-11-15-5-6-16(26-4)12-18(15)21-14(17)3/h5-6,11-13H,7-10H2,1-4H3. The maximum Gasteiger partial charge on any atom is 0.255 e. The van der Waals surface area contributed by atoms with Gasteiger partial charge < -0.3 is 14.5 Å². The van der Waals surface area contributed by atoms with Crippen LogP contribution in [-0.4, -0.2) is 59.9 Å². The van der Waals surface area contributed by atoms with Crippen molar-refractivity contribution in [3.8, 4) is 5.75 Å². The molecule has 1 aromatic heterocycles. The Labute approximate surface area is 153 Å². The fourth-order valence-electron chi connectivity index (χ4n) is 3.25. The molecular formula is C20H25N3O3. The molecule has 0 bridgehead atoms. The van der Waals surface area contributed by atoms with Gasteiger partial charge in [-0.05, 0) is 25.1 Å². The van der Waals surface area contributed by atoms with Crippen LogP contribution in [0.25, 0.3) is 10.9 Å². The van der Waals surface area contributed by atoms with Gasteiger partial charge in [-0.3, -0.25) is 14.6 Å². The fraction of sp³-hybridized carbons (Fsp3) is 0.450. The molecule has 1 aromatic carbocycles. The highest BCUT2D eigenvalue weighted by molar-refractivity contribution is 5.99. The quantitative estimate of drug-likeness (QED) is 0.849. The first-order valence-electron chi connectivity index (χ1n) is 8.94. The highest BCUT2D eigenvalue weighted by atomic mass is 16.5. The van der Waals surface area contributed by atoms with E-state index >= 15 is 0 Å². The topological polar surface area (TPSA) is 62.7 Å². The van der Waals surface area contributed by atoms with Crippen LogP contribution < -0.4 is 4.74 Å². The van der Waals surface area contributed by atoms with E-state index in [1.54, 1.807) is 7.11 Å². The highest BCUT2D eigenvalue weighted by Gasteiger charge is 2.27. The van der Waals surface area contributed by atoms with Crippen LogP contribution in [0.1, 0.15) is 29.9 Å². The average Bonchev–Trinajstić information content (AvgIpc) is 2.65. The van der Waals surface area contributed by atoms with E-state index in [1.165, 1.54) is 0 Å². The Morgan fingerprint density at radius 1 is 1.08 bits per heavy atom. The molecule has 6 heteroatoms. The van der Waals surface area contributed by atoms with Crippen LogP contribution in [0, 0.1) is 12.8 Å². The molecule has 138 valence electrons. The number of hydrogen-bond acceptors (Lipinski definition) is 4. The zero-order valence-corrected chi connectivity index (χ0v) is 15.8. The number of methoxy groups -OCH3 is 1. The number of ether oxygens (including phenoxy) is 1. The number of aryl methyl sites for hydroxylation is 1. The Morgan fingerprint density at radius 3 is 2.35 bits per heavy atom. The fourth-order valence-corrected chi connectivity index (χ4v) is 3.25. The van der Waals surface area contributed by atoms with E-state index in [2.05, 4.69) is 4.98 Å². The van der Waals surface area contributed by atoms with Crippen molar-refractivity contribution in [2.45, 2.75) is 20.8 Å². The van der Waals surface area contributed by atoms with Gasteiger partial charge in [-0.25, -0.2) is 0 Å². The number of carbonyl (C=O) groups excluding carboxylic acids is 2. The molecule has 0 aliphatic carbocycles. The van der Waals surface area contributed by atoms with E-state index in [4.69, 9.17) is 4.74 Å². The first-order valence-corrected chi connectivity index (χ1v) is 8.94. The Kier molecular flexibility index (Phi) is 5.11. The summed E-state index contributed by atoms with van der Waals surface area (Å²) < 4.78 is 5.23. The van der Waals surface area contributed by atoms with E-state index < -0.39 is 0 Å². The second-order valence-electron chi connectivity index (χ2n) is 6.95. The lowest BCUT2D eigenvalue weighted by molar-refractivity contribution is -0.135. The van der Waals surface area contributed by atoms with Crippen LogP contribution >= 0.6 is 0 Å². The van der Waals surface area contributed by atoms with Crippen molar-refractivity contribution in [3.63, 3.8) is 0 Å². The Bertz CT molecular complexity index is 840. The summed E-state index contributed by atoms with van der Waals surface area (Å²) in [5.41, 5.74) is 2.13. The van der Waals surface area contributed by atoms with Crippen molar-refractivity contribution < 1.29 is 14.3 Å². The predicted molar refractivity (Wildman–Crippen MR) is 100 cm³/mol. The van der Waals surface area contributed by atoms with Crippen LogP contribution in [0.4, 0.5) is 0 Å². The Morgan fingerprint density at radius 2 is 1.73 bits per heavy atom. The second kappa shape index (κ2) is 7.32. The van der Waals surface area contributed by atoms with Crippen molar-refractivity contribution in [1.29, 1.82) is 0 Å². The first kappa shape index (κ1) is 18.2. The summed E-state index contributed by atoms with van der Waals surface area (Å²) in [5.74, 6) is 0.856. The maximum absolute atomic E-state index is 13.0. The lowest BCUT2D eigenvalue weighted by Crippen LogP contribution is -2.51. The van der Waals surface area contributed by atoms with Crippen molar-refractivity contribution in [3.05, 3.63) is 35.5 Å². The van der Waals surface area contributed by atoms with Gasteiger partial charge in [0, 0.05) is 43.5 Å². The molecule has 0 saturated carbocycles. The third kappa shape index (κ3) is 3.49. The second-order valence-corrected chi connectivity index (χ2v) is 6.95. The number of benzene rings is 1. The third-order valence-corrected chi connectivity index (χ3v) is 4.82. The lowest BCUT2D eigenvalue weighted by atomic mass is 10.1. The summed E-state index contributed by atoms with van der Waals surface area (Å²) in [5, 5.41) is 0.911. The molecular weight excluding hydrogens is 330 g/mol. The van der Waals surface area contributed by atoms with E-state index in [1.807, 2.05) is 54.8 Å². The average molecular weight is 355 g/mol. The first-order chi connectivity index (χ1) is 12.4. The van der Waals surface area contributed by atoms with Gasteiger partial charge >= 0.3 is 0 Å². The molecule has 1 aliphatic rings. The lowest BCUT2D eigenvalue weighted by Gasteiger charge is -2.35. The SMILES string of the molecule is COc1ccc2cc(C(=O)N3CCN(C(=O)C(C)C)CC3)c(C)nc2c1. The minimum atomic E-state index is -0.0237. The monoisotopic (exact) mass is 355 g/mol. The summed E-state index contributed by atoms with van der Waals surface area (Å²) in [4.78, 5) is 33.3. The molecule has 2 amide bonds. The molecule has 1 saturated heterocycles. The number of rotatable bonds is 3. The molecule has 0 N–H and O–H groups in total. The van der Waals surface area contributed by atoms with Gasteiger partial charge in [0.05, 0.1) is 23.9 Å². The molecule has 6 nitrogen and oxygen atoms in total. The van der Waals surface area contributed by atoms with Crippen LogP contribution in [0.15, 0.2) is 24.3 Å². The summed E-state index contributed by atoms with van der Waals surface area (Å²) in [6.07, 6.45) is 0. The molecule has 1 aliphatic heterocycles. The van der Waals surface area contributed by atoms with Gasteiger partial charge in [0.1, 0.15) is 5.75 Å². The summed E-state index contributed by atoms with van der Waals surface area (Å²) in [7, 11) is 1.62. The van der Waals surface area contributed by atoms with Gasteiger partial charge in [-0.1, -0.05) is 13.8 Å². The van der Waals surface area contributed by atoms with E-state index in [0.717, 1.165) is 16.7 Å². The van der Waals surface area contributed by atoms with Crippen LogP contribution in [0.5, 0.6) is 5.75 Å². The molecule has 0 atom stereocenters. The number of amides is 2. The maximum atomic E-state index is 13.0. The number of fused-ring (bicyclic) bond motifs is 1. The highest BCUT2D eigenvalue weighted by Crippen LogP contribution is 2.23. The normalized spacial score (nSPS) is 14.8. The van der Waals surface area contributed by atoms with Crippen LogP contribution in [-0.2, 0) is 4.79 Å². The van der Waals surface area contributed by atoms with Crippen LogP contribution in [0.3, 0.4) is 0 Å². The van der Waals surface area contributed by atoms with Crippen molar-refractivity contribution in [2.24, 2.45) is 5.92 Å². The van der Waals surface area contributed by atoms with Crippen molar-refractivity contribution in [2.75, 3.05) is 33.3 Å². The van der Waals surface area contributed by atoms with E-state index in [0.29, 0.717) is 37.4 Å². The molecule has 0 unspecified atom stereocenters. The Balaban J connectivity index is 1.78. The number of hydrogen-bond donors (Lipinski definition) is 0. The molecule has 2 heterocycles. The molecule has 1 fully saturated rings. The van der Waals surface area contributed by atoms with Gasteiger partial charge in [0.2, 0.25) is 5.91 Å². The number of nitrogens with zero attached hydrogens (tertiary/aromatic N) is 3. The Hall–Kier alpha value is -2.63. The molecule has 2 aromatic rings. The summed E-state index contributed by atoms with van der Waals surface area (Å²) in [6.45, 7) is 7.93. The zero-order valence-electron chi connectivity index (χ0n) is 15.8. The van der Waals surface area contributed by atoms with Crippen molar-refractivity contribution in [1.82, 2.24) is 14.8 Å². The number of pyridine rings is 1. The molecule has 3 rings (SSSR count). The predicted octanol–water partition coefficient (Wildman–Crippen LogP) is 2.49. The van der Waals surface area contributed by atoms with Gasteiger partial charge in [0.15, 0.2) is 0 Å². The van der Waals surface area contributed by atoms with E-state index in [-0.39, 0.29) is 17.7 Å². The molecule has 0 radical (unpaired) electrons. The minimum Gasteiger partial charge on any atom is -0.497 e.